The van der Waals surface area contributed by atoms with Crippen LogP contribution in [0.2, 0.25) is 0 Å². The maximum atomic E-state index is 15.2. The van der Waals surface area contributed by atoms with E-state index in [-0.39, 0.29) is 11.8 Å². The van der Waals surface area contributed by atoms with Gasteiger partial charge in [-0.25, -0.2) is 28.7 Å². The highest BCUT2D eigenvalue weighted by Crippen LogP contribution is 2.39. The number of rotatable bonds is 11. The Morgan fingerprint density at radius 1 is 1.05 bits per heavy atom. The molecule has 2 aromatic heterocycles. The number of hydrogen-bond donors (Lipinski definition) is 2. The number of likely N-dealkylation sites (N-methyl/N-ethyl adjacent to an activating group) is 1. The van der Waals surface area contributed by atoms with Crippen LogP contribution in [0, 0.1) is 12.7 Å². The Bertz CT molecular complexity index is 1580. The Labute approximate surface area is 236 Å². The highest BCUT2D eigenvalue weighted by molar-refractivity contribution is 6.02. The van der Waals surface area contributed by atoms with E-state index in [9.17, 15) is 9.18 Å². The van der Waals surface area contributed by atoms with E-state index in [1.54, 1.807) is 37.4 Å². The molecule has 0 atom stereocenters. The average Bonchev–Trinajstić information content (AvgIpc) is 2.94. The SMILES string of the molecule is C=C(F)C(=O)Nc1ccc(-c2nc(NCCN(C)C)ncc2-c2ccc(Oc3nccc(C)n3)c(F)c2)c(OC)c1. The number of carbonyl (C=O) groups is 1. The van der Waals surface area contributed by atoms with Crippen molar-refractivity contribution in [3.8, 4) is 39.9 Å². The number of carbonyl (C=O) groups excluding carboxylic acids is 1. The Hall–Kier alpha value is -4.97. The highest BCUT2D eigenvalue weighted by atomic mass is 19.1. The third kappa shape index (κ3) is 7.37. The first kappa shape index (κ1) is 29.0. The summed E-state index contributed by atoms with van der Waals surface area (Å²) in [4.78, 5) is 31.1. The molecule has 0 saturated heterocycles. The number of hydrogen-bond acceptors (Lipinski definition) is 9. The summed E-state index contributed by atoms with van der Waals surface area (Å²) in [5.74, 6) is -2.08. The molecule has 2 heterocycles. The third-order valence-corrected chi connectivity index (χ3v) is 5.81. The van der Waals surface area contributed by atoms with E-state index in [2.05, 4.69) is 32.2 Å². The van der Waals surface area contributed by atoms with Crippen molar-refractivity contribution in [1.29, 1.82) is 0 Å². The Morgan fingerprint density at radius 2 is 1.85 bits per heavy atom. The van der Waals surface area contributed by atoms with Crippen molar-refractivity contribution >= 4 is 17.5 Å². The number of halogens is 2. The molecule has 0 aliphatic rings. The van der Waals surface area contributed by atoms with Gasteiger partial charge in [-0.3, -0.25) is 4.79 Å². The Balaban J connectivity index is 1.75. The summed E-state index contributed by atoms with van der Waals surface area (Å²) >= 11 is 0. The molecule has 4 rings (SSSR count). The molecule has 212 valence electrons. The molecule has 0 bridgehead atoms. The van der Waals surface area contributed by atoms with Crippen LogP contribution in [0.4, 0.5) is 20.4 Å². The molecule has 41 heavy (non-hydrogen) atoms. The summed E-state index contributed by atoms with van der Waals surface area (Å²) in [6.07, 6.45) is 3.11. The zero-order chi connectivity index (χ0) is 29.5. The van der Waals surface area contributed by atoms with Crippen LogP contribution in [-0.4, -0.2) is 65.0 Å². The first-order chi connectivity index (χ1) is 19.6. The van der Waals surface area contributed by atoms with Gasteiger partial charge in [0.1, 0.15) is 5.75 Å². The van der Waals surface area contributed by atoms with Crippen LogP contribution in [0.15, 0.2) is 67.3 Å². The maximum absolute atomic E-state index is 15.2. The predicted octanol–water partition coefficient (Wildman–Crippen LogP) is 5.24. The van der Waals surface area contributed by atoms with Crippen molar-refractivity contribution in [2.45, 2.75) is 6.92 Å². The zero-order valence-corrected chi connectivity index (χ0v) is 23.0. The van der Waals surface area contributed by atoms with Crippen molar-refractivity contribution < 1.29 is 23.0 Å². The number of ether oxygens (including phenoxy) is 2. The second-order valence-corrected chi connectivity index (χ2v) is 9.19. The minimum atomic E-state index is -1.12. The summed E-state index contributed by atoms with van der Waals surface area (Å²) in [5, 5.41) is 5.59. The molecule has 2 N–H and O–H groups in total. The average molecular weight is 562 g/mol. The van der Waals surface area contributed by atoms with E-state index in [1.165, 1.54) is 31.5 Å². The number of methoxy groups -OCH3 is 1. The number of nitrogens with zero attached hydrogens (tertiary/aromatic N) is 5. The molecule has 0 fully saturated rings. The quantitative estimate of drug-likeness (QED) is 0.237. The van der Waals surface area contributed by atoms with Crippen molar-refractivity contribution in [3.63, 3.8) is 0 Å². The fourth-order valence-corrected chi connectivity index (χ4v) is 3.76. The molecule has 0 saturated carbocycles. The second kappa shape index (κ2) is 12.9. The van der Waals surface area contributed by atoms with Gasteiger partial charge in [0.2, 0.25) is 5.95 Å². The van der Waals surface area contributed by atoms with Crippen molar-refractivity contribution in [2.75, 3.05) is 44.9 Å². The Morgan fingerprint density at radius 3 is 2.54 bits per heavy atom. The second-order valence-electron chi connectivity index (χ2n) is 9.19. The summed E-state index contributed by atoms with van der Waals surface area (Å²) in [7, 11) is 5.36. The largest absolute Gasteiger partial charge is 0.496 e. The van der Waals surface area contributed by atoms with Gasteiger partial charge in [-0.2, -0.15) is 0 Å². The zero-order valence-electron chi connectivity index (χ0n) is 23.0. The summed E-state index contributed by atoms with van der Waals surface area (Å²) in [6.45, 7) is 6.12. The van der Waals surface area contributed by atoms with Crippen LogP contribution < -0.4 is 20.1 Å². The van der Waals surface area contributed by atoms with Crippen LogP contribution >= 0.6 is 0 Å². The van der Waals surface area contributed by atoms with Crippen LogP contribution in [0.1, 0.15) is 5.69 Å². The lowest BCUT2D eigenvalue weighted by atomic mass is 9.99. The van der Waals surface area contributed by atoms with Gasteiger partial charge >= 0.3 is 6.01 Å². The lowest BCUT2D eigenvalue weighted by molar-refractivity contribution is -0.114. The minimum absolute atomic E-state index is 0.0297. The number of aromatic nitrogens is 4. The molecular weight excluding hydrogens is 532 g/mol. The molecular formula is C29H29F2N7O3. The van der Waals surface area contributed by atoms with Crippen molar-refractivity contribution in [2.24, 2.45) is 0 Å². The standard InChI is InChI=1S/C29H29F2N7O3/c1-17-10-11-33-29(35-17)41-24-9-6-19(14-23(24)31)22-16-34-28(32-12-13-38(3)4)37-26(22)21-8-7-20(15-25(21)40-5)36-27(39)18(2)30/h6-11,14-16H,2,12-13H2,1,3-5H3,(H,36,39)(H,32,34,37). The van der Waals surface area contributed by atoms with Gasteiger partial charge in [0.15, 0.2) is 17.4 Å². The van der Waals surface area contributed by atoms with Crippen molar-refractivity contribution in [3.05, 3.63) is 78.8 Å². The fourth-order valence-electron chi connectivity index (χ4n) is 3.76. The van der Waals surface area contributed by atoms with Gasteiger partial charge in [-0.05, 0) is 56.9 Å². The van der Waals surface area contributed by atoms with E-state index < -0.39 is 17.6 Å². The number of amides is 1. The molecule has 10 nitrogen and oxygen atoms in total. The lowest BCUT2D eigenvalue weighted by Gasteiger charge is -2.16. The van der Waals surface area contributed by atoms with Crippen molar-refractivity contribution in [1.82, 2.24) is 24.8 Å². The van der Waals surface area contributed by atoms with Gasteiger partial charge in [0.05, 0.1) is 12.8 Å². The van der Waals surface area contributed by atoms with E-state index >= 15 is 4.39 Å². The first-order valence-corrected chi connectivity index (χ1v) is 12.5. The normalized spacial score (nSPS) is 10.8. The molecule has 0 aliphatic heterocycles. The van der Waals surface area contributed by atoms with E-state index in [0.29, 0.717) is 52.0 Å². The van der Waals surface area contributed by atoms with Gasteiger partial charge in [0, 0.05) is 54.1 Å². The van der Waals surface area contributed by atoms with E-state index in [1.807, 2.05) is 19.0 Å². The molecule has 1 amide bonds. The smallest absolute Gasteiger partial charge is 0.322 e. The number of nitrogens with one attached hydrogen (secondary N) is 2. The molecule has 4 aromatic rings. The van der Waals surface area contributed by atoms with Crippen LogP contribution in [0.25, 0.3) is 22.4 Å². The van der Waals surface area contributed by atoms with Gasteiger partial charge in [-0.15, -0.1) is 0 Å². The molecule has 12 heteroatoms. The molecule has 0 unspecified atom stereocenters. The van der Waals surface area contributed by atoms with Crippen LogP contribution in [-0.2, 0) is 4.79 Å². The molecule has 2 aromatic carbocycles. The van der Waals surface area contributed by atoms with E-state index in [4.69, 9.17) is 14.5 Å². The highest BCUT2D eigenvalue weighted by Gasteiger charge is 2.19. The lowest BCUT2D eigenvalue weighted by Crippen LogP contribution is -2.21. The first-order valence-electron chi connectivity index (χ1n) is 12.5. The summed E-state index contributed by atoms with van der Waals surface area (Å²) < 4.78 is 39.6. The van der Waals surface area contributed by atoms with E-state index in [0.717, 1.165) is 6.54 Å². The topological polar surface area (TPSA) is 114 Å². The maximum Gasteiger partial charge on any atom is 0.322 e. The fraction of sp³-hybridized carbons (Fsp3) is 0.207. The number of benzene rings is 2. The number of aryl methyl sites for hydroxylation is 1. The third-order valence-electron chi connectivity index (χ3n) is 5.81. The molecule has 0 radical (unpaired) electrons. The number of anilines is 2. The summed E-state index contributed by atoms with van der Waals surface area (Å²) in [6, 6.07) is 11.0. The Kier molecular flexibility index (Phi) is 9.15. The van der Waals surface area contributed by atoms with Gasteiger partial charge in [-0.1, -0.05) is 12.6 Å². The predicted molar refractivity (Wildman–Crippen MR) is 152 cm³/mol. The van der Waals surface area contributed by atoms with Gasteiger partial charge in [0.25, 0.3) is 5.91 Å². The molecule has 0 spiro atoms. The summed E-state index contributed by atoms with van der Waals surface area (Å²) in [5.41, 5.74) is 2.93. The molecule has 0 aliphatic carbocycles. The van der Waals surface area contributed by atoms with Crippen LogP contribution in [0.5, 0.6) is 17.5 Å². The minimum Gasteiger partial charge on any atom is -0.496 e. The van der Waals surface area contributed by atoms with Gasteiger partial charge < -0.3 is 25.0 Å². The monoisotopic (exact) mass is 561 g/mol. The van der Waals surface area contributed by atoms with Crippen LogP contribution in [0.3, 0.4) is 0 Å².